The molecule has 2 heterocycles. The Balaban J connectivity index is 3.00. The third-order valence-electron chi connectivity index (χ3n) is 2.38. The van der Waals surface area contributed by atoms with E-state index in [4.69, 9.17) is 4.55 Å². The number of fused-ring (bicyclic) bond motifs is 1. The maximum atomic E-state index is 11.8. The van der Waals surface area contributed by atoms with Crippen LogP contribution in [0.2, 0.25) is 0 Å². The van der Waals surface area contributed by atoms with Crippen molar-refractivity contribution in [2.45, 2.75) is 17.0 Å². The first kappa shape index (κ1) is 13.0. The molecule has 0 fully saturated rings. The van der Waals surface area contributed by atoms with Gasteiger partial charge in [-0.2, -0.15) is 8.42 Å². The summed E-state index contributed by atoms with van der Waals surface area (Å²) in [5.74, 6) is -0.306. The lowest BCUT2D eigenvalue weighted by atomic mass is 10.5. The molecule has 0 radical (unpaired) electrons. The Hall–Kier alpha value is -1.45. The van der Waals surface area contributed by atoms with Gasteiger partial charge in [-0.3, -0.25) is 8.95 Å². The maximum absolute atomic E-state index is 11.8. The molecule has 0 aliphatic carbocycles. The first-order valence-electron chi connectivity index (χ1n) is 4.94. The molecule has 0 amide bonds. The van der Waals surface area contributed by atoms with E-state index in [1.807, 2.05) is 0 Å². The van der Waals surface area contributed by atoms with Crippen molar-refractivity contribution in [2.24, 2.45) is 0 Å². The molecule has 2 aromatic rings. The quantitative estimate of drug-likeness (QED) is 0.819. The van der Waals surface area contributed by atoms with Gasteiger partial charge in [-0.25, -0.2) is 13.4 Å². The molecule has 18 heavy (non-hydrogen) atoms. The molecule has 1 N–H and O–H groups in total. The van der Waals surface area contributed by atoms with Crippen LogP contribution in [0.3, 0.4) is 0 Å². The number of hydrogen-bond donors (Lipinski definition) is 1. The van der Waals surface area contributed by atoms with Gasteiger partial charge in [-0.15, -0.1) is 0 Å². The molecule has 98 valence electrons. The Morgan fingerprint density at radius 3 is 2.50 bits per heavy atom. The molecule has 0 aromatic carbocycles. The van der Waals surface area contributed by atoms with Crippen molar-refractivity contribution in [3.8, 4) is 0 Å². The van der Waals surface area contributed by atoms with E-state index in [-0.39, 0.29) is 11.4 Å². The van der Waals surface area contributed by atoms with E-state index in [1.165, 1.54) is 25.3 Å². The third kappa shape index (κ3) is 2.00. The molecular weight excluding hydrogens is 280 g/mol. The second-order valence-corrected chi connectivity index (χ2v) is 7.06. The molecule has 2 rings (SSSR count). The molecule has 0 aliphatic heterocycles. The fraction of sp³-hybridized carbons (Fsp3) is 0.222. The summed E-state index contributed by atoms with van der Waals surface area (Å²) in [5, 5.41) is -1.35. The summed E-state index contributed by atoms with van der Waals surface area (Å²) in [6.45, 7) is 1.37. The minimum Gasteiger partial charge on any atom is -0.287 e. The molecule has 7 nitrogen and oxygen atoms in total. The molecule has 0 saturated carbocycles. The summed E-state index contributed by atoms with van der Waals surface area (Å²) in [4.78, 5) is 3.76. The van der Waals surface area contributed by atoms with Crippen molar-refractivity contribution in [1.29, 1.82) is 0 Å². The van der Waals surface area contributed by atoms with Crippen LogP contribution in [0.25, 0.3) is 5.65 Å². The summed E-state index contributed by atoms with van der Waals surface area (Å²) in [6.07, 6.45) is 1.32. The lowest BCUT2D eigenvalue weighted by Gasteiger charge is -2.00. The number of imidazole rings is 1. The highest BCUT2D eigenvalue weighted by atomic mass is 32.2. The Labute approximate surface area is 104 Å². The predicted octanol–water partition coefficient (Wildman–Crippen LogP) is 0.375. The first-order valence-corrected chi connectivity index (χ1v) is 8.04. The van der Waals surface area contributed by atoms with Crippen LogP contribution in [0.1, 0.15) is 6.92 Å². The average Bonchev–Trinajstić information content (AvgIpc) is 2.68. The normalized spacial score (nSPS) is 13.0. The van der Waals surface area contributed by atoms with E-state index < -0.39 is 30.0 Å². The topological polar surface area (TPSA) is 106 Å². The van der Waals surface area contributed by atoms with Crippen molar-refractivity contribution < 1.29 is 21.4 Å². The van der Waals surface area contributed by atoms with E-state index in [0.717, 1.165) is 4.40 Å². The van der Waals surface area contributed by atoms with Crippen LogP contribution < -0.4 is 0 Å². The van der Waals surface area contributed by atoms with E-state index in [0.29, 0.717) is 0 Å². The van der Waals surface area contributed by atoms with E-state index in [2.05, 4.69) is 4.98 Å². The predicted molar refractivity (Wildman–Crippen MR) is 62.7 cm³/mol. The Kier molecular flexibility index (Phi) is 2.92. The van der Waals surface area contributed by atoms with Gasteiger partial charge in [0, 0.05) is 6.20 Å². The van der Waals surface area contributed by atoms with E-state index >= 15 is 0 Å². The van der Waals surface area contributed by atoms with Crippen LogP contribution in [-0.4, -0.2) is 36.5 Å². The van der Waals surface area contributed by atoms with Crippen LogP contribution >= 0.6 is 0 Å². The molecule has 0 atom stereocenters. The smallest absolute Gasteiger partial charge is 0.287 e. The van der Waals surface area contributed by atoms with Crippen molar-refractivity contribution in [1.82, 2.24) is 9.38 Å². The summed E-state index contributed by atoms with van der Waals surface area (Å²) >= 11 is 0. The largest absolute Gasteiger partial charge is 0.313 e. The molecule has 0 saturated heterocycles. The molecule has 2 aromatic heterocycles. The highest BCUT2D eigenvalue weighted by molar-refractivity contribution is 7.92. The van der Waals surface area contributed by atoms with Crippen LogP contribution in [0, 0.1) is 0 Å². The van der Waals surface area contributed by atoms with Gasteiger partial charge in [-0.1, -0.05) is 13.0 Å². The van der Waals surface area contributed by atoms with Crippen LogP contribution in [-0.2, 0) is 20.0 Å². The standard InChI is InChI=1S/C9H10N2O5S2/c1-2-17(12,13)8-9(18(14,15)16)11-6-4-3-5-7(11)10-8/h3-6H,2H2,1H3,(H,14,15,16). The average molecular weight is 290 g/mol. The first-order chi connectivity index (χ1) is 8.27. The lowest BCUT2D eigenvalue weighted by Crippen LogP contribution is -2.12. The monoisotopic (exact) mass is 290 g/mol. The summed E-state index contributed by atoms with van der Waals surface area (Å²) in [7, 11) is -8.53. The third-order valence-corrected chi connectivity index (χ3v) is 5.02. The molecule has 9 heteroatoms. The van der Waals surface area contributed by atoms with Crippen molar-refractivity contribution in [3.63, 3.8) is 0 Å². The fourth-order valence-corrected chi connectivity index (χ4v) is 3.76. The fourth-order valence-electron chi connectivity index (χ4n) is 1.53. The zero-order valence-corrected chi connectivity index (χ0v) is 10.9. The van der Waals surface area contributed by atoms with E-state index in [9.17, 15) is 16.8 Å². The van der Waals surface area contributed by atoms with Crippen LogP contribution in [0.4, 0.5) is 0 Å². The molecular formula is C9H10N2O5S2. The van der Waals surface area contributed by atoms with Gasteiger partial charge in [0.2, 0.25) is 5.03 Å². The molecule has 0 unspecified atom stereocenters. The van der Waals surface area contributed by atoms with Crippen LogP contribution in [0.15, 0.2) is 34.4 Å². The Bertz CT molecular complexity index is 805. The number of nitrogens with zero attached hydrogens (tertiary/aromatic N) is 2. The van der Waals surface area contributed by atoms with Gasteiger partial charge in [0.25, 0.3) is 0 Å². The van der Waals surface area contributed by atoms with Gasteiger partial charge in [-0.05, 0) is 12.1 Å². The molecule has 0 bridgehead atoms. The zero-order valence-electron chi connectivity index (χ0n) is 9.31. The number of pyridine rings is 1. The second kappa shape index (κ2) is 4.04. The van der Waals surface area contributed by atoms with Gasteiger partial charge in [0.15, 0.2) is 14.9 Å². The molecule has 0 aliphatic rings. The van der Waals surface area contributed by atoms with E-state index in [1.54, 1.807) is 6.07 Å². The van der Waals surface area contributed by atoms with Crippen molar-refractivity contribution in [3.05, 3.63) is 24.4 Å². The Morgan fingerprint density at radius 1 is 1.28 bits per heavy atom. The summed E-state index contributed by atoms with van der Waals surface area (Å²) in [5.41, 5.74) is 0.136. The SMILES string of the molecule is CCS(=O)(=O)c1nc2ccccn2c1S(=O)(=O)O. The van der Waals surface area contributed by atoms with Gasteiger partial charge in [0.05, 0.1) is 5.75 Å². The molecule has 0 spiro atoms. The van der Waals surface area contributed by atoms with Gasteiger partial charge < -0.3 is 0 Å². The summed E-state index contributed by atoms with van der Waals surface area (Å²) in [6, 6.07) is 4.54. The number of hydrogen-bond acceptors (Lipinski definition) is 5. The van der Waals surface area contributed by atoms with Gasteiger partial charge in [0.1, 0.15) is 5.65 Å². The van der Waals surface area contributed by atoms with Crippen LogP contribution in [0.5, 0.6) is 0 Å². The number of aromatic nitrogens is 2. The van der Waals surface area contributed by atoms with Crippen molar-refractivity contribution in [2.75, 3.05) is 5.75 Å². The minimum absolute atomic E-state index is 0.136. The highest BCUT2D eigenvalue weighted by Gasteiger charge is 2.30. The Morgan fingerprint density at radius 2 is 1.94 bits per heavy atom. The number of rotatable bonds is 3. The summed E-state index contributed by atoms with van der Waals surface area (Å²) < 4.78 is 56.4. The maximum Gasteiger partial charge on any atom is 0.313 e. The highest BCUT2D eigenvalue weighted by Crippen LogP contribution is 2.22. The van der Waals surface area contributed by atoms with Gasteiger partial charge >= 0.3 is 10.1 Å². The number of sulfone groups is 1. The minimum atomic E-state index is -4.69. The second-order valence-electron chi connectivity index (χ2n) is 3.53. The zero-order chi connectivity index (χ0) is 13.6. The van der Waals surface area contributed by atoms with Crippen molar-refractivity contribution >= 4 is 25.6 Å². The lowest BCUT2D eigenvalue weighted by molar-refractivity contribution is 0.473.